The van der Waals surface area contributed by atoms with Gasteiger partial charge in [0.05, 0.1) is 0 Å². The fourth-order valence-electron chi connectivity index (χ4n) is 3.62. The largest absolute Gasteiger partial charge is 0.339 e. The van der Waals surface area contributed by atoms with Gasteiger partial charge in [0.25, 0.3) is 0 Å². The molecule has 4 heteroatoms. The first-order valence-electron chi connectivity index (χ1n) is 7.89. The molecule has 1 aliphatic carbocycles. The monoisotopic (exact) mass is 287 g/mol. The molecule has 1 heterocycles. The highest BCUT2D eigenvalue weighted by molar-refractivity contribution is 5.79. The Hall–Kier alpha value is -0.670. The minimum Gasteiger partial charge on any atom is -0.339 e. The van der Waals surface area contributed by atoms with Crippen molar-refractivity contribution >= 4 is 5.91 Å². The summed E-state index contributed by atoms with van der Waals surface area (Å²) in [5, 5.41) is 0. The average molecular weight is 287 g/mol. The van der Waals surface area contributed by atoms with E-state index in [4.69, 9.17) is 0 Å². The number of hydrogen-bond donors (Lipinski definition) is 0. The SMILES string of the molecule is CC(C)(C)C1CCCCN1C(=O)C1CCC(F)(F)CC1. The van der Waals surface area contributed by atoms with Crippen molar-refractivity contribution in [2.24, 2.45) is 11.3 Å². The van der Waals surface area contributed by atoms with Gasteiger partial charge in [-0.2, -0.15) is 0 Å². The number of carbonyl (C=O) groups excluding carboxylic acids is 1. The van der Waals surface area contributed by atoms with Crippen LogP contribution in [-0.4, -0.2) is 29.3 Å². The van der Waals surface area contributed by atoms with E-state index in [1.165, 1.54) is 0 Å². The number of piperidine rings is 1. The Morgan fingerprint density at radius 3 is 2.25 bits per heavy atom. The fraction of sp³-hybridized carbons (Fsp3) is 0.938. The van der Waals surface area contributed by atoms with Crippen LogP contribution in [0.2, 0.25) is 0 Å². The zero-order valence-electron chi connectivity index (χ0n) is 12.9. The smallest absolute Gasteiger partial charge is 0.248 e. The van der Waals surface area contributed by atoms with E-state index >= 15 is 0 Å². The molecule has 0 spiro atoms. The van der Waals surface area contributed by atoms with E-state index in [1.54, 1.807) is 0 Å². The summed E-state index contributed by atoms with van der Waals surface area (Å²) in [4.78, 5) is 14.7. The molecule has 1 atom stereocenters. The number of alkyl halides is 2. The van der Waals surface area contributed by atoms with Crippen LogP contribution in [0.4, 0.5) is 8.78 Å². The lowest BCUT2D eigenvalue weighted by Crippen LogP contribution is -2.52. The van der Waals surface area contributed by atoms with Gasteiger partial charge in [0, 0.05) is 31.3 Å². The van der Waals surface area contributed by atoms with Gasteiger partial charge >= 0.3 is 0 Å². The Kier molecular flexibility index (Phi) is 4.41. The van der Waals surface area contributed by atoms with Gasteiger partial charge in [-0.05, 0) is 37.5 Å². The van der Waals surface area contributed by atoms with E-state index in [1.807, 2.05) is 4.90 Å². The molecule has 0 aromatic rings. The molecular formula is C16H27F2NO. The van der Waals surface area contributed by atoms with E-state index in [9.17, 15) is 13.6 Å². The van der Waals surface area contributed by atoms with Crippen LogP contribution >= 0.6 is 0 Å². The number of hydrogen-bond acceptors (Lipinski definition) is 1. The minimum atomic E-state index is -2.55. The lowest BCUT2D eigenvalue weighted by Gasteiger charge is -2.45. The maximum Gasteiger partial charge on any atom is 0.248 e. The summed E-state index contributed by atoms with van der Waals surface area (Å²) in [5.41, 5.74) is 0.0642. The van der Waals surface area contributed by atoms with Crippen LogP contribution < -0.4 is 0 Å². The standard InChI is InChI=1S/C16H27F2NO/c1-15(2,3)13-6-4-5-11-19(13)14(20)12-7-9-16(17,18)10-8-12/h12-13H,4-11H2,1-3H3. The van der Waals surface area contributed by atoms with Crippen LogP contribution in [-0.2, 0) is 4.79 Å². The number of nitrogens with zero attached hydrogens (tertiary/aromatic N) is 1. The summed E-state index contributed by atoms with van der Waals surface area (Å²) in [6, 6.07) is 0.256. The van der Waals surface area contributed by atoms with Crippen molar-refractivity contribution in [1.82, 2.24) is 4.90 Å². The molecule has 20 heavy (non-hydrogen) atoms. The first-order valence-corrected chi connectivity index (χ1v) is 7.89. The van der Waals surface area contributed by atoms with E-state index in [-0.39, 0.29) is 36.1 Å². The Balaban J connectivity index is 2.03. The van der Waals surface area contributed by atoms with E-state index in [2.05, 4.69) is 20.8 Å². The Labute approximate surface area is 120 Å². The molecule has 1 amide bonds. The summed E-state index contributed by atoms with van der Waals surface area (Å²) in [5.74, 6) is -2.61. The molecule has 1 saturated heterocycles. The third-order valence-corrected chi connectivity index (χ3v) is 4.85. The molecule has 1 saturated carbocycles. The third-order valence-electron chi connectivity index (χ3n) is 4.85. The molecule has 0 N–H and O–H groups in total. The number of amides is 1. The predicted molar refractivity (Wildman–Crippen MR) is 75.7 cm³/mol. The second-order valence-electron chi connectivity index (χ2n) is 7.54. The molecular weight excluding hydrogens is 260 g/mol. The molecule has 116 valence electrons. The van der Waals surface area contributed by atoms with Crippen LogP contribution in [0.15, 0.2) is 0 Å². The van der Waals surface area contributed by atoms with Crippen LogP contribution in [0.25, 0.3) is 0 Å². The van der Waals surface area contributed by atoms with Crippen LogP contribution in [0.5, 0.6) is 0 Å². The molecule has 0 bridgehead atoms. The Morgan fingerprint density at radius 1 is 1.10 bits per heavy atom. The quantitative estimate of drug-likeness (QED) is 0.706. The predicted octanol–water partition coefficient (Wildman–Crippen LogP) is 4.24. The molecule has 0 aromatic heterocycles. The third kappa shape index (κ3) is 3.50. The topological polar surface area (TPSA) is 20.3 Å². The maximum absolute atomic E-state index is 13.2. The zero-order chi connectivity index (χ0) is 15.0. The first kappa shape index (κ1) is 15.7. The molecule has 1 unspecified atom stereocenters. The summed E-state index contributed by atoms with van der Waals surface area (Å²) in [7, 11) is 0. The van der Waals surface area contributed by atoms with Gasteiger partial charge < -0.3 is 4.90 Å². The van der Waals surface area contributed by atoms with Gasteiger partial charge in [-0.1, -0.05) is 20.8 Å². The van der Waals surface area contributed by atoms with Gasteiger partial charge in [-0.15, -0.1) is 0 Å². The van der Waals surface area contributed by atoms with Crippen LogP contribution in [0.3, 0.4) is 0 Å². The molecule has 1 aliphatic heterocycles. The Morgan fingerprint density at radius 2 is 1.70 bits per heavy atom. The maximum atomic E-state index is 13.2. The number of likely N-dealkylation sites (tertiary alicyclic amines) is 1. The summed E-state index contributed by atoms with van der Waals surface area (Å²) < 4.78 is 26.4. The van der Waals surface area contributed by atoms with Crippen molar-refractivity contribution in [1.29, 1.82) is 0 Å². The molecule has 2 nitrogen and oxygen atoms in total. The summed E-state index contributed by atoms with van der Waals surface area (Å²) in [6.45, 7) is 7.29. The van der Waals surface area contributed by atoms with Crippen molar-refractivity contribution in [2.75, 3.05) is 6.54 Å². The van der Waals surface area contributed by atoms with Crippen LogP contribution in [0, 0.1) is 11.3 Å². The van der Waals surface area contributed by atoms with Crippen molar-refractivity contribution < 1.29 is 13.6 Å². The highest BCUT2D eigenvalue weighted by atomic mass is 19.3. The minimum absolute atomic E-state index is 0.0642. The number of rotatable bonds is 1. The van der Waals surface area contributed by atoms with Crippen molar-refractivity contribution in [3.63, 3.8) is 0 Å². The van der Waals surface area contributed by atoms with Crippen molar-refractivity contribution in [3.05, 3.63) is 0 Å². The van der Waals surface area contributed by atoms with Gasteiger partial charge in [0.15, 0.2) is 0 Å². The van der Waals surface area contributed by atoms with Crippen LogP contribution in [0.1, 0.15) is 65.7 Å². The molecule has 2 aliphatic rings. The zero-order valence-corrected chi connectivity index (χ0v) is 12.9. The van der Waals surface area contributed by atoms with Gasteiger partial charge in [0.1, 0.15) is 0 Å². The van der Waals surface area contributed by atoms with E-state index in [0.29, 0.717) is 12.8 Å². The molecule has 0 aromatic carbocycles. The molecule has 2 rings (SSSR count). The lowest BCUT2D eigenvalue weighted by molar-refractivity contribution is -0.146. The van der Waals surface area contributed by atoms with Gasteiger partial charge in [-0.25, -0.2) is 8.78 Å². The highest BCUT2D eigenvalue weighted by Crippen LogP contribution is 2.39. The van der Waals surface area contributed by atoms with Gasteiger partial charge in [-0.3, -0.25) is 4.79 Å². The number of carbonyl (C=O) groups is 1. The van der Waals surface area contributed by atoms with Crippen molar-refractivity contribution in [3.8, 4) is 0 Å². The lowest BCUT2D eigenvalue weighted by atomic mass is 9.79. The van der Waals surface area contributed by atoms with E-state index < -0.39 is 5.92 Å². The first-order chi connectivity index (χ1) is 9.21. The fourth-order valence-corrected chi connectivity index (χ4v) is 3.62. The summed E-state index contributed by atoms with van der Waals surface area (Å²) >= 11 is 0. The Bertz CT molecular complexity index is 352. The van der Waals surface area contributed by atoms with E-state index in [0.717, 1.165) is 25.8 Å². The highest BCUT2D eigenvalue weighted by Gasteiger charge is 2.42. The van der Waals surface area contributed by atoms with Crippen molar-refractivity contribution in [2.45, 2.75) is 77.7 Å². The average Bonchev–Trinajstić information content (AvgIpc) is 2.37. The van der Waals surface area contributed by atoms with Gasteiger partial charge in [0.2, 0.25) is 11.8 Å². The second-order valence-corrected chi connectivity index (χ2v) is 7.54. The summed E-state index contributed by atoms with van der Waals surface area (Å²) in [6.07, 6.45) is 3.68. The molecule has 2 fully saturated rings. The normalized spacial score (nSPS) is 28.4. The second kappa shape index (κ2) is 5.61. The number of halogens is 2. The molecule has 0 radical (unpaired) electrons.